The number of carbonyl (C=O) groups excluding carboxylic acids is 1. The fourth-order valence-corrected chi connectivity index (χ4v) is 2.47. The molecule has 3 rings (SSSR count). The van der Waals surface area contributed by atoms with Crippen LogP contribution < -0.4 is 14.8 Å². The summed E-state index contributed by atoms with van der Waals surface area (Å²) in [5.41, 5.74) is 0.442. The third kappa shape index (κ3) is 2.57. The number of benzene rings is 1. The van der Waals surface area contributed by atoms with Crippen molar-refractivity contribution in [3.05, 3.63) is 28.8 Å². The summed E-state index contributed by atoms with van der Waals surface area (Å²) >= 11 is 1.33. The monoisotopic (exact) mass is 291 g/mol. The normalized spacial score (nSPS) is 13.7. The van der Waals surface area contributed by atoms with E-state index in [9.17, 15) is 4.79 Å². The molecule has 2 aromatic rings. The number of hydrogen-bond acceptors (Lipinski definition) is 6. The van der Waals surface area contributed by atoms with Crippen molar-refractivity contribution in [1.29, 1.82) is 0 Å². The fraction of sp³-hybridized carbons (Fsp3) is 0.308. The van der Waals surface area contributed by atoms with Crippen LogP contribution in [0.1, 0.15) is 21.8 Å². The smallest absolute Gasteiger partial charge is 0.261 e. The number of anilines is 1. The average molecular weight is 291 g/mol. The number of carbonyl (C=O) groups is 1. The van der Waals surface area contributed by atoms with Crippen LogP contribution in [0.5, 0.6) is 11.5 Å². The van der Waals surface area contributed by atoms with Gasteiger partial charge in [-0.25, -0.2) is 0 Å². The van der Waals surface area contributed by atoms with Crippen molar-refractivity contribution in [2.75, 3.05) is 18.5 Å². The van der Waals surface area contributed by atoms with E-state index in [1.807, 2.05) is 6.92 Å². The van der Waals surface area contributed by atoms with Gasteiger partial charge in [-0.05, 0) is 19.1 Å². The van der Waals surface area contributed by atoms with Gasteiger partial charge in [-0.1, -0.05) is 17.4 Å². The number of rotatable bonds is 2. The molecule has 0 fully saturated rings. The second-order valence-corrected chi connectivity index (χ2v) is 5.45. The number of nitrogens with one attached hydrogen (secondary N) is 1. The molecule has 1 aliphatic heterocycles. The van der Waals surface area contributed by atoms with Gasteiger partial charge in [0.05, 0.1) is 18.8 Å². The molecule has 1 aliphatic rings. The zero-order valence-corrected chi connectivity index (χ0v) is 11.7. The van der Waals surface area contributed by atoms with Crippen molar-refractivity contribution in [3.63, 3.8) is 0 Å². The predicted octanol–water partition coefficient (Wildman–Crippen LogP) is 2.26. The van der Waals surface area contributed by atoms with Crippen molar-refractivity contribution in [3.8, 4) is 11.5 Å². The minimum Gasteiger partial charge on any atom is -0.490 e. The van der Waals surface area contributed by atoms with Gasteiger partial charge in [-0.2, -0.15) is 0 Å². The molecule has 0 spiro atoms. The van der Waals surface area contributed by atoms with Gasteiger partial charge in [0.25, 0.3) is 5.91 Å². The first kappa shape index (κ1) is 12.9. The second-order valence-electron chi connectivity index (χ2n) is 4.26. The Labute approximate surface area is 119 Å². The van der Waals surface area contributed by atoms with E-state index in [0.29, 0.717) is 35.4 Å². The number of amides is 1. The number of para-hydroxylation sites is 1. The summed E-state index contributed by atoms with van der Waals surface area (Å²) in [5, 5.41) is 11.7. The Morgan fingerprint density at radius 2 is 2.15 bits per heavy atom. The summed E-state index contributed by atoms with van der Waals surface area (Å²) in [6.07, 6.45) is 0.797. The fourth-order valence-electron chi connectivity index (χ4n) is 1.88. The lowest BCUT2D eigenvalue weighted by Gasteiger charge is -2.11. The number of nitrogens with zero attached hydrogens (tertiary/aromatic N) is 2. The summed E-state index contributed by atoms with van der Waals surface area (Å²) in [4.78, 5) is 12.3. The minimum atomic E-state index is -0.275. The molecule has 104 valence electrons. The lowest BCUT2D eigenvalue weighted by molar-refractivity contribution is 0.102. The Morgan fingerprint density at radius 3 is 2.95 bits per heavy atom. The molecule has 20 heavy (non-hydrogen) atoms. The van der Waals surface area contributed by atoms with Gasteiger partial charge in [0.2, 0.25) is 5.13 Å². The first-order chi connectivity index (χ1) is 9.74. The molecule has 1 aromatic heterocycles. The molecule has 0 saturated carbocycles. The Hall–Kier alpha value is -2.15. The molecule has 0 saturated heterocycles. The maximum Gasteiger partial charge on any atom is 0.261 e. The highest BCUT2D eigenvalue weighted by Crippen LogP contribution is 2.33. The van der Waals surface area contributed by atoms with E-state index < -0.39 is 0 Å². The van der Waals surface area contributed by atoms with Gasteiger partial charge in [-0.15, -0.1) is 10.2 Å². The highest BCUT2D eigenvalue weighted by molar-refractivity contribution is 7.15. The summed E-state index contributed by atoms with van der Waals surface area (Å²) in [5.74, 6) is 0.816. The van der Waals surface area contributed by atoms with E-state index >= 15 is 0 Å². The molecule has 0 bridgehead atoms. The summed E-state index contributed by atoms with van der Waals surface area (Å²) in [6.45, 7) is 2.96. The highest BCUT2D eigenvalue weighted by atomic mass is 32.1. The summed E-state index contributed by atoms with van der Waals surface area (Å²) < 4.78 is 11.2. The topological polar surface area (TPSA) is 73.3 Å². The summed E-state index contributed by atoms with van der Waals surface area (Å²) in [7, 11) is 0. The van der Waals surface area contributed by atoms with Crippen LogP contribution in [0, 0.1) is 6.92 Å². The zero-order valence-electron chi connectivity index (χ0n) is 10.9. The maximum absolute atomic E-state index is 12.3. The quantitative estimate of drug-likeness (QED) is 0.918. The van der Waals surface area contributed by atoms with Crippen LogP contribution >= 0.6 is 11.3 Å². The highest BCUT2D eigenvalue weighted by Gasteiger charge is 2.20. The predicted molar refractivity (Wildman–Crippen MR) is 74.6 cm³/mol. The Morgan fingerprint density at radius 1 is 1.30 bits per heavy atom. The Bertz CT molecular complexity index is 642. The van der Waals surface area contributed by atoms with Crippen molar-refractivity contribution >= 4 is 22.4 Å². The molecule has 1 N–H and O–H groups in total. The van der Waals surface area contributed by atoms with Crippen LogP contribution in [0.4, 0.5) is 5.13 Å². The van der Waals surface area contributed by atoms with Gasteiger partial charge in [-0.3, -0.25) is 10.1 Å². The van der Waals surface area contributed by atoms with Crippen LogP contribution in [0.25, 0.3) is 0 Å². The number of fused-ring (bicyclic) bond motifs is 1. The lowest BCUT2D eigenvalue weighted by atomic mass is 10.1. The number of aryl methyl sites for hydroxylation is 1. The van der Waals surface area contributed by atoms with E-state index in [1.165, 1.54) is 11.3 Å². The molecule has 0 aliphatic carbocycles. The molecule has 0 radical (unpaired) electrons. The molecule has 0 unspecified atom stereocenters. The van der Waals surface area contributed by atoms with Gasteiger partial charge >= 0.3 is 0 Å². The second kappa shape index (κ2) is 5.46. The molecule has 6 nitrogen and oxygen atoms in total. The van der Waals surface area contributed by atoms with Crippen molar-refractivity contribution < 1.29 is 14.3 Å². The molecule has 2 heterocycles. The molecular formula is C13H13N3O3S. The third-order valence-electron chi connectivity index (χ3n) is 2.76. The first-order valence-corrected chi connectivity index (χ1v) is 7.06. The molecule has 0 atom stereocenters. The number of ether oxygens (including phenoxy) is 2. The zero-order chi connectivity index (χ0) is 13.9. The Balaban J connectivity index is 1.88. The maximum atomic E-state index is 12.3. The minimum absolute atomic E-state index is 0.275. The van der Waals surface area contributed by atoms with Gasteiger partial charge in [0.1, 0.15) is 5.01 Å². The van der Waals surface area contributed by atoms with Crippen LogP contribution in [0.2, 0.25) is 0 Å². The standard InChI is InChI=1S/C13H13N3O3S/c1-8-15-16-13(20-8)14-12(17)9-4-2-5-10-11(9)19-7-3-6-18-10/h2,4-5H,3,6-7H2,1H3,(H,14,16,17). The van der Waals surface area contributed by atoms with E-state index in [4.69, 9.17) is 9.47 Å². The van der Waals surface area contributed by atoms with E-state index in [-0.39, 0.29) is 5.91 Å². The molecule has 1 aromatic carbocycles. The lowest BCUT2D eigenvalue weighted by Crippen LogP contribution is -2.13. The molecule has 7 heteroatoms. The van der Waals surface area contributed by atoms with Crippen molar-refractivity contribution in [1.82, 2.24) is 10.2 Å². The molecular weight excluding hydrogens is 278 g/mol. The van der Waals surface area contributed by atoms with Gasteiger partial charge in [0.15, 0.2) is 11.5 Å². The number of hydrogen-bond donors (Lipinski definition) is 1. The van der Waals surface area contributed by atoms with Crippen LogP contribution in [-0.4, -0.2) is 29.3 Å². The first-order valence-electron chi connectivity index (χ1n) is 6.24. The van der Waals surface area contributed by atoms with E-state index in [2.05, 4.69) is 15.5 Å². The largest absolute Gasteiger partial charge is 0.490 e. The van der Waals surface area contributed by atoms with Crippen molar-refractivity contribution in [2.45, 2.75) is 13.3 Å². The number of aromatic nitrogens is 2. The van der Waals surface area contributed by atoms with Gasteiger partial charge < -0.3 is 9.47 Å². The van der Waals surface area contributed by atoms with Gasteiger partial charge in [0, 0.05) is 6.42 Å². The summed E-state index contributed by atoms with van der Waals surface area (Å²) in [6, 6.07) is 5.27. The van der Waals surface area contributed by atoms with Crippen LogP contribution in [0.3, 0.4) is 0 Å². The third-order valence-corrected chi connectivity index (χ3v) is 3.52. The van der Waals surface area contributed by atoms with Crippen LogP contribution in [0.15, 0.2) is 18.2 Å². The Kier molecular flexibility index (Phi) is 3.51. The van der Waals surface area contributed by atoms with E-state index in [1.54, 1.807) is 18.2 Å². The van der Waals surface area contributed by atoms with Crippen LogP contribution in [-0.2, 0) is 0 Å². The van der Waals surface area contributed by atoms with E-state index in [0.717, 1.165) is 11.4 Å². The SMILES string of the molecule is Cc1nnc(NC(=O)c2cccc3c2OCCCO3)s1. The average Bonchev–Trinajstić information content (AvgIpc) is 2.72. The molecule has 1 amide bonds. The van der Waals surface area contributed by atoms with Crippen molar-refractivity contribution in [2.24, 2.45) is 0 Å².